The number of aliphatic hydroxyl groups excluding tert-OH is 1. The highest BCUT2D eigenvalue weighted by Crippen LogP contribution is 2.74. The zero-order valence-electron chi connectivity index (χ0n) is 20.6. The SMILES string of the molecule is CC(C)[C@H](C)CC[C@@H](C)[C@H]1CC[C@H]2[C@@H]3C[C@H]4O[C@]45C[C@@H](O)CC[C@]5(C)[C@H]3CC[C@]12C. The Morgan fingerprint density at radius 1 is 0.933 bits per heavy atom. The maximum Gasteiger partial charge on any atom is 0.103 e. The van der Waals surface area contributed by atoms with Gasteiger partial charge in [0.15, 0.2) is 0 Å². The van der Waals surface area contributed by atoms with Gasteiger partial charge in [-0.3, -0.25) is 0 Å². The molecular formula is C28H48O2. The van der Waals surface area contributed by atoms with Crippen LogP contribution in [0, 0.1) is 52.3 Å². The monoisotopic (exact) mass is 416 g/mol. The third kappa shape index (κ3) is 2.94. The number of aliphatic hydroxyl groups is 1. The van der Waals surface area contributed by atoms with Crippen molar-refractivity contribution >= 4 is 0 Å². The van der Waals surface area contributed by atoms with Crippen molar-refractivity contribution in [3.63, 3.8) is 0 Å². The van der Waals surface area contributed by atoms with E-state index in [-0.39, 0.29) is 11.7 Å². The first kappa shape index (κ1) is 21.7. The summed E-state index contributed by atoms with van der Waals surface area (Å²) in [6, 6.07) is 0. The first-order valence-corrected chi connectivity index (χ1v) is 13.5. The predicted octanol–water partition coefficient (Wildman–Crippen LogP) is 6.85. The summed E-state index contributed by atoms with van der Waals surface area (Å²) < 4.78 is 6.52. The van der Waals surface area contributed by atoms with Crippen LogP contribution in [-0.4, -0.2) is 22.9 Å². The van der Waals surface area contributed by atoms with E-state index in [9.17, 15) is 5.11 Å². The van der Waals surface area contributed by atoms with Gasteiger partial charge in [-0.15, -0.1) is 0 Å². The molecule has 5 fully saturated rings. The minimum atomic E-state index is -0.126. The molecule has 5 aliphatic rings. The van der Waals surface area contributed by atoms with Crippen LogP contribution in [0.3, 0.4) is 0 Å². The van der Waals surface area contributed by atoms with Gasteiger partial charge in [-0.05, 0) is 91.8 Å². The number of hydrogen-bond acceptors (Lipinski definition) is 2. The van der Waals surface area contributed by atoms with Crippen LogP contribution >= 0.6 is 0 Å². The number of ether oxygens (including phenoxy) is 1. The summed E-state index contributed by atoms with van der Waals surface area (Å²) in [4.78, 5) is 0. The molecule has 30 heavy (non-hydrogen) atoms. The molecule has 0 radical (unpaired) electrons. The van der Waals surface area contributed by atoms with Gasteiger partial charge in [-0.2, -0.15) is 0 Å². The molecule has 0 aromatic rings. The van der Waals surface area contributed by atoms with Crippen LogP contribution in [-0.2, 0) is 4.74 Å². The van der Waals surface area contributed by atoms with Crippen LogP contribution in [0.15, 0.2) is 0 Å². The molecule has 1 heterocycles. The highest BCUT2D eigenvalue weighted by molar-refractivity contribution is 5.24. The molecule has 4 aliphatic carbocycles. The minimum Gasteiger partial charge on any atom is -0.393 e. The van der Waals surface area contributed by atoms with Gasteiger partial charge in [0.25, 0.3) is 0 Å². The maximum atomic E-state index is 10.4. The van der Waals surface area contributed by atoms with Crippen LogP contribution in [0.1, 0.15) is 106 Å². The van der Waals surface area contributed by atoms with Crippen molar-refractivity contribution in [3.05, 3.63) is 0 Å². The number of fused-ring (bicyclic) bond motifs is 4. The molecule has 0 aromatic heterocycles. The molecule has 1 spiro atoms. The minimum absolute atomic E-state index is 0.0395. The van der Waals surface area contributed by atoms with E-state index in [1.165, 1.54) is 51.4 Å². The first-order chi connectivity index (χ1) is 14.1. The van der Waals surface area contributed by atoms with Gasteiger partial charge in [0.05, 0.1) is 12.2 Å². The Hall–Kier alpha value is -0.0800. The zero-order valence-corrected chi connectivity index (χ0v) is 20.6. The summed E-state index contributed by atoms with van der Waals surface area (Å²) in [5, 5.41) is 10.4. The van der Waals surface area contributed by atoms with Crippen molar-refractivity contribution in [2.75, 3.05) is 0 Å². The third-order valence-electron chi connectivity index (χ3n) is 12.0. The zero-order chi connectivity index (χ0) is 21.5. The number of epoxide rings is 1. The largest absolute Gasteiger partial charge is 0.393 e. The lowest BCUT2D eigenvalue weighted by Crippen LogP contribution is -2.58. The van der Waals surface area contributed by atoms with Gasteiger partial charge in [0.1, 0.15) is 5.60 Å². The molecule has 0 unspecified atom stereocenters. The van der Waals surface area contributed by atoms with Crippen molar-refractivity contribution in [2.45, 2.75) is 124 Å². The fraction of sp³-hybridized carbons (Fsp3) is 1.00. The van der Waals surface area contributed by atoms with Crippen molar-refractivity contribution in [1.82, 2.24) is 0 Å². The van der Waals surface area contributed by atoms with Gasteiger partial charge in [-0.1, -0.05) is 54.4 Å². The summed E-state index contributed by atoms with van der Waals surface area (Å²) in [6.45, 7) is 15.1. The van der Waals surface area contributed by atoms with Crippen molar-refractivity contribution in [2.24, 2.45) is 52.3 Å². The molecule has 1 aliphatic heterocycles. The van der Waals surface area contributed by atoms with E-state index in [0.717, 1.165) is 54.3 Å². The smallest absolute Gasteiger partial charge is 0.103 e. The van der Waals surface area contributed by atoms with Crippen LogP contribution < -0.4 is 0 Å². The maximum absolute atomic E-state index is 10.4. The third-order valence-corrected chi connectivity index (χ3v) is 12.0. The van der Waals surface area contributed by atoms with Crippen LogP contribution in [0.25, 0.3) is 0 Å². The Morgan fingerprint density at radius 3 is 2.43 bits per heavy atom. The lowest BCUT2D eigenvalue weighted by atomic mass is 9.44. The average molecular weight is 417 g/mol. The van der Waals surface area contributed by atoms with E-state index in [2.05, 4.69) is 41.5 Å². The van der Waals surface area contributed by atoms with E-state index in [0.29, 0.717) is 16.9 Å². The molecule has 1 saturated heterocycles. The summed E-state index contributed by atoms with van der Waals surface area (Å²) in [5.74, 6) is 6.09. The van der Waals surface area contributed by atoms with E-state index in [1.807, 2.05) is 0 Å². The predicted molar refractivity (Wildman–Crippen MR) is 123 cm³/mol. The van der Waals surface area contributed by atoms with Crippen LogP contribution in [0.5, 0.6) is 0 Å². The Morgan fingerprint density at radius 2 is 1.70 bits per heavy atom. The molecule has 0 bridgehead atoms. The molecule has 0 aromatic carbocycles. The fourth-order valence-corrected chi connectivity index (χ4v) is 9.69. The highest BCUT2D eigenvalue weighted by Gasteiger charge is 2.76. The lowest BCUT2D eigenvalue weighted by molar-refractivity contribution is -0.116. The second-order valence-corrected chi connectivity index (χ2v) is 13.4. The fourth-order valence-electron chi connectivity index (χ4n) is 9.69. The van der Waals surface area contributed by atoms with E-state index >= 15 is 0 Å². The normalized spacial score (nSPS) is 54.0. The summed E-state index contributed by atoms with van der Waals surface area (Å²) in [7, 11) is 0. The van der Waals surface area contributed by atoms with Crippen molar-refractivity contribution in [1.29, 1.82) is 0 Å². The van der Waals surface area contributed by atoms with Gasteiger partial charge in [0, 0.05) is 11.8 Å². The number of hydrogen-bond donors (Lipinski definition) is 1. The van der Waals surface area contributed by atoms with Gasteiger partial charge in [0.2, 0.25) is 0 Å². The Balaban J connectivity index is 1.32. The van der Waals surface area contributed by atoms with E-state index in [4.69, 9.17) is 4.74 Å². The molecule has 2 heteroatoms. The van der Waals surface area contributed by atoms with E-state index in [1.54, 1.807) is 0 Å². The second-order valence-electron chi connectivity index (χ2n) is 13.4. The average Bonchev–Trinajstić information content (AvgIpc) is 3.27. The van der Waals surface area contributed by atoms with Crippen molar-refractivity contribution in [3.8, 4) is 0 Å². The lowest BCUT2D eigenvalue weighted by Gasteiger charge is -2.59. The molecule has 2 nitrogen and oxygen atoms in total. The highest BCUT2D eigenvalue weighted by atomic mass is 16.6. The van der Waals surface area contributed by atoms with Crippen LogP contribution in [0.2, 0.25) is 0 Å². The molecule has 5 rings (SSSR count). The Bertz CT molecular complexity index is 659. The summed E-state index contributed by atoms with van der Waals surface area (Å²) in [5.41, 5.74) is 0.913. The van der Waals surface area contributed by atoms with Crippen LogP contribution in [0.4, 0.5) is 0 Å². The van der Waals surface area contributed by atoms with Gasteiger partial charge < -0.3 is 9.84 Å². The first-order valence-electron chi connectivity index (χ1n) is 13.5. The number of rotatable bonds is 5. The Kier molecular flexibility index (Phi) is 5.23. The van der Waals surface area contributed by atoms with E-state index < -0.39 is 0 Å². The molecule has 0 amide bonds. The molecule has 4 saturated carbocycles. The summed E-state index contributed by atoms with van der Waals surface area (Å²) in [6.07, 6.45) is 13.3. The molecular weight excluding hydrogens is 368 g/mol. The molecule has 1 N–H and O–H groups in total. The molecule has 11 atom stereocenters. The topological polar surface area (TPSA) is 32.8 Å². The standard InChI is InChI=1S/C28H48O2/c1-17(2)18(3)7-8-19(4)22-9-10-23-21-15-25-28(30-25)16-20(29)11-14-27(28,6)24(21)12-13-26(22,23)5/h17-25,29H,7-16H2,1-6H3/t18-,19-,20+,21+,22-,23+,24+,25-,26-,27-,28-/m1/s1. The Labute approximate surface area is 185 Å². The summed E-state index contributed by atoms with van der Waals surface area (Å²) >= 11 is 0. The van der Waals surface area contributed by atoms with Gasteiger partial charge in [-0.25, -0.2) is 0 Å². The van der Waals surface area contributed by atoms with Crippen molar-refractivity contribution < 1.29 is 9.84 Å². The quantitative estimate of drug-likeness (QED) is 0.497. The molecule has 172 valence electrons. The van der Waals surface area contributed by atoms with Gasteiger partial charge >= 0.3 is 0 Å². The second kappa shape index (κ2) is 7.21.